The third-order valence-electron chi connectivity index (χ3n) is 5.80. The summed E-state index contributed by atoms with van der Waals surface area (Å²) in [6, 6.07) is 2.07. The number of carboxylic acid groups (broad SMARTS) is 2. The molecule has 0 radical (unpaired) electrons. The van der Waals surface area contributed by atoms with Crippen LogP contribution < -0.4 is 0 Å². The lowest BCUT2D eigenvalue weighted by Gasteiger charge is -2.37. The maximum absolute atomic E-state index is 13.7. The van der Waals surface area contributed by atoms with Gasteiger partial charge in [0.05, 0.1) is 29.5 Å². The zero-order valence-electron chi connectivity index (χ0n) is 17.2. The molecule has 0 spiro atoms. The number of carboxylic acids is 2. The van der Waals surface area contributed by atoms with Gasteiger partial charge >= 0.3 is 18.1 Å². The second kappa shape index (κ2) is 8.56. The number of hydrogen-bond donors (Lipinski definition) is 3. The molecule has 3 aromatic rings. The Bertz CT molecular complexity index is 1200. The Balaban J connectivity index is 1.87. The van der Waals surface area contributed by atoms with Gasteiger partial charge in [0.1, 0.15) is 10.5 Å². The number of aliphatic carboxylic acids is 2. The molecule has 1 aromatic carbocycles. The van der Waals surface area contributed by atoms with Gasteiger partial charge in [-0.15, -0.1) is 11.3 Å². The van der Waals surface area contributed by atoms with Gasteiger partial charge in [0.25, 0.3) is 5.91 Å². The van der Waals surface area contributed by atoms with E-state index in [1.807, 2.05) is 0 Å². The van der Waals surface area contributed by atoms with Crippen LogP contribution in [0.4, 0.5) is 13.2 Å². The zero-order chi connectivity index (χ0) is 24.7. The van der Waals surface area contributed by atoms with E-state index in [2.05, 4.69) is 15.0 Å². The minimum atomic E-state index is -4.63. The molecule has 1 fully saturated rings. The van der Waals surface area contributed by atoms with Gasteiger partial charge in [-0.25, -0.2) is 14.8 Å². The minimum absolute atomic E-state index is 0.206. The van der Waals surface area contributed by atoms with Crippen molar-refractivity contribution in [3.8, 4) is 0 Å². The SMILES string of the molecule is O=C(O)C1CC(Cc2c[nH]cn2)(C(=O)O)N(C(=O)c2ccc(C(F)(F)F)cc2)C1c1nccs1. The van der Waals surface area contributed by atoms with Crippen molar-refractivity contribution in [1.82, 2.24) is 19.9 Å². The molecule has 34 heavy (non-hydrogen) atoms. The van der Waals surface area contributed by atoms with Gasteiger partial charge < -0.3 is 20.1 Å². The molecule has 0 aliphatic carbocycles. The third kappa shape index (κ3) is 4.02. The normalized spacial score (nSPS) is 22.6. The second-order valence-electron chi connectivity index (χ2n) is 7.79. The van der Waals surface area contributed by atoms with E-state index in [0.29, 0.717) is 12.1 Å². The molecule has 2 aromatic heterocycles. The standard InChI is InChI=1S/C21H17F3N4O5S/c22-21(23,24)12-3-1-11(2-4-12)17(29)28-15(16-26-5-6-34-16)14(18(30)31)8-20(28,19(32)33)7-13-9-25-10-27-13/h1-6,9-10,14-15H,7-8H2,(H,25,27)(H,30,31)(H,32,33). The Morgan fingerprint density at radius 1 is 1.18 bits per heavy atom. The Hall–Kier alpha value is -3.74. The molecule has 1 aliphatic rings. The van der Waals surface area contributed by atoms with Crippen molar-refractivity contribution >= 4 is 29.2 Å². The molecule has 0 saturated carbocycles. The number of benzene rings is 1. The van der Waals surface area contributed by atoms with Gasteiger partial charge in [-0.1, -0.05) is 0 Å². The van der Waals surface area contributed by atoms with Crippen LogP contribution in [-0.2, 0) is 22.2 Å². The molecule has 1 amide bonds. The molecule has 3 unspecified atom stereocenters. The summed E-state index contributed by atoms with van der Waals surface area (Å²) >= 11 is 1.05. The number of carbonyl (C=O) groups excluding carboxylic acids is 1. The Labute approximate surface area is 193 Å². The fourth-order valence-electron chi connectivity index (χ4n) is 4.28. The Kier molecular flexibility index (Phi) is 5.89. The van der Waals surface area contributed by atoms with E-state index in [9.17, 15) is 37.8 Å². The third-order valence-corrected chi connectivity index (χ3v) is 6.65. The monoisotopic (exact) mass is 494 g/mol. The van der Waals surface area contributed by atoms with Crippen molar-refractivity contribution in [2.75, 3.05) is 0 Å². The molecule has 0 bridgehead atoms. The fourth-order valence-corrected chi connectivity index (χ4v) is 5.07. The van der Waals surface area contributed by atoms with Crippen molar-refractivity contribution in [3.05, 3.63) is 70.2 Å². The van der Waals surface area contributed by atoms with E-state index in [-0.39, 0.29) is 22.7 Å². The number of aromatic nitrogens is 3. The summed E-state index contributed by atoms with van der Waals surface area (Å²) in [6.45, 7) is 0. The first-order valence-electron chi connectivity index (χ1n) is 9.89. The average Bonchev–Trinajstić information content (AvgIpc) is 3.53. The summed E-state index contributed by atoms with van der Waals surface area (Å²) in [5.74, 6) is -5.02. The summed E-state index contributed by atoms with van der Waals surface area (Å²) in [4.78, 5) is 50.3. The van der Waals surface area contributed by atoms with Crippen LogP contribution in [0.25, 0.3) is 0 Å². The van der Waals surface area contributed by atoms with E-state index < -0.39 is 53.5 Å². The number of nitrogens with zero attached hydrogens (tertiary/aromatic N) is 3. The van der Waals surface area contributed by atoms with Gasteiger partial charge in [0.2, 0.25) is 0 Å². The highest BCUT2D eigenvalue weighted by atomic mass is 32.1. The summed E-state index contributed by atoms with van der Waals surface area (Å²) in [5, 5.41) is 22.0. The summed E-state index contributed by atoms with van der Waals surface area (Å²) < 4.78 is 39.0. The van der Waals surface area contributed by atoms with Crippen LogP contribution in [0.1, 0.15) is 39.1 Å². The van der Waals surface area contributed by atoms with E-state index in [0.717, 1.165) is 28.4 Å². The highest BCUT2D eigenvalue weighted by Crippen LogP contribution is 2.50. The second-order valence-corrected chi connectivity index (χ2v) is 8.71. The predicted octanol–water partition coefficient (Wildman–Crippen LogP) is 3.24. The lowest BCUT2D eigenvalue weighted by Crippen LogP contribution is -2.55. The molecular weight excluding hydrogens is 477 g/mol. The van der Waals surface area contributed by atoms with Crippen molar-refractivity contribution in [2.24, 2.45) is 5.92 Å². The number of hydrogen-bond acceptors (Lipinski definition) is 6. The lowest BCUT2D eigenvalue weighted by molar-refractivity contribution is -0.149. The lowest BCUT2D eigenvalue weighted by atomic mass is 9.86. The number of amides is 1. The van der Waals surface area contributed by atoms with Crippen molar-refractivity contribution in [1.29, 1.82) is 0 Å². The van der Waals surface area contributed by atoms with E-state index in [1.165, 1.54) is 18.7 Å². The van der Waals surface area contributed by atoms with Gasteiger partial charge in [-0.2, -0.15) is 13.2 Å². The number of nitrogens with one attached hydrogen (secondary N) is 1. The molecule has 1 saturated heterocycles. The summed E-state index contributed by atoms with van der Waals surface area (Å²) in [7, 11) is 0. The Morgan fingerprint density at radius 2 is 1.88 bits per heavy atom. The number of likely N-dealkylation sites (tertiary alicyclic amines) is 1. The topological polar surface area (TPSA) is 136 Å². The average molecular weight is 494 g/mol. The quantitative estimate of drug-likeness (QED) is 0.479. The molecule has 9 nitrogen and oxygen atoms in total. The maximum atomic E-state index is 13.7. The molecular formula is C21H17F3N4O5S. The Morgan fingerprint density at radius 3 is 2.38 bits per heavy atom. The van der Waals surface area contributed by atoms with Crippen molar-refractivity contribution < 1.29 is 37.8 Å². The molecule has 4 rings (SSSR count). The van der Waals surface area contributed by atoms with Gasteiger partial charge in [-0.05, 0) is 30.7 Å². The van der Waals surface area contributed by atoms with Crippen molar-refractivity contribution in [2.45, 2.75) is 30.6 Å². The van der Waals surface area contributed by atoms with Gasteiger partial charge in [-0.3, -0.25) is 9.59 Å². The molecule has 3 N–H and O–H groups in total. The number of H-pyrrole nitrogens is 1. The first-order valence-corrected chi connectivity index (χ1v) is 10.8. The molecule has 178 valence electrons. The highest BCUT2D eigenvalue weighted by molar-refractivity contribution is 7.09. The van der Waals surface area contributed by atoms with Crippen LogP contribution in [0.3, 0.4) is 0 Å². The number of rotatable bonds is 6. The number of imidazole rings is 1. The van der Waals surface area contributed by atoms with E-state index in [4.69, 9.17) is 0 Å². The van der Waals surface area contributed by atoms with Gasteiger partial charge in [0, 0.05) is 29.8 Å². The number of carbonyl (C=O) groups is 3. The largest absolute Gasteiger partial charge is 0.481 e. The summed E-state index contributed by atoms with van der Waals surface area (Å²) in [5.41, 5.74) is -2.95. The van der Waals surface area contributed by atoms with E-state index in [1.54, 1.807) is 5.38 Å². The van der Waals surface area contributed by atoms with Crippen molar-refractivity contribution in [3.63, 3.8) is 0 Å². The molecule has 1 aliphatic heterocycles. The fraction of sp³-hybridized carbons (Fsp3) is 0.286. The van der Waals surface area contributed by atoms with Crippen LogP contribution in [0.2, 0.25) is 0 Å². The molecule has 13 heteroatoms. The first-order chi connectivity index (χ1) is 16.0. The van der Waals surface area contributed by atoms with Crippen LogP contribution in [0.5, 0.6) is 0 Å². The number of halogens is 3. The molecule has 3 heterocycles. The van der Waals surface area contributed by atoms with Crippen LogP contribution in [0, 0.1) is 5.92 Å². The van der Waals surface area contributed by atoms with E-state index >= 15 is 0 Å². The summed E-state index contributed by atoms with van der Waals surface area (Å²) in [6.07, 6.45) is -1.25. The first kappa shape index (κ1) is 23.4. The smallest absolute Gasteiger partial charge is 0.416 e. The number of alkyl halides is 3. The number of aromatic amines is 1. The highest BCUT2D eigenvalue weighted by Gasteiger charge is 2.61. The number of thiazole rings is 1. The predicted molar refractivity (Wildman–Crippen MR) is 111 cm³/mol. The van der Waals surface area contributed by atoms with Crippen LogP contribution >= 0.6 is 11.3 Å². The zero-order valence-corrected chi connectivity index (χ0v) is 18.0. The maximum Gasteiger partial charge on any atom is 0.416 e. The molecule has 3 atom stereocenters. The van der Waals surface area contributed by atoms with Crippen LogP contribution in [0.15, 0.2) is 48.4 Å². The van der Waals surface area contributed by atoms with Crippen LogP contribution in [-0.4, -0.2) is 53.4 Å². The minimum Gasteiger partial charge on any atom is -0.481 e. The van der Waals surface area contributed by atoms with Gasteiger partial charge in [0.15, 0.2) is 0 Å².